The summed E-state index contributed by atoms with van der Waals surface area (Å²) in [5.41, 5.74) is 0. The van der Waals surface area contributed by atoms with Gasteiger partial charge in [-0.1, -0.05) is 291 Å². The van der Waals surface area contributed by atoms with Crippen LogP contribution in [-0.2, 0) is 65.4 Å². The molecule has 0 aromatic rings. The maximum absolute atomic E-state index is 13.0. The molecule has 0 aromatic heterocycles. The van der Waals surface area contributed by atoms with Crippen LogP contribution in [0.2, 0.25) is 0 Å². The second-order valence-electron chi connectivity index (χ2n) is 26.8. The van der Waals surface area contributed by atoms with Crippen molar-refractivity contribution < 1.29 is 80.2 Å². The number of aliphatic hydroxyl groups excluding tert-OH is 1. The quantitative estimate of drug-likeness (QED) is 0.0169. The van der Waals surface area contributed by atoms with E-state index in [9.17, 15) is 43.2 Å². The third-order valence-corrected chi connectivity index (χ3v) is 18.5. The van der Waals surface area contributed by atoms with Gasteiger partial charge in [-0.05, 0) is 69.1 Å². The fraction of sp³-hybridized carbons (Fsp3) is 0.890. The summed E-state index contributed by atoms with van der Waals surface area (Å²) in [6, 6.07) is 0. The lowest BCUT2D eigenvalue weighted by Crippen LogP contribution is -2.30. The Kier molecular flexibility index (Phi) is 61.6. The average Bonchev–Trinajstić information content (AvgIpc) is 2.72. The third kappa shape index (κ3) is 64.9. The highest BCUT2D eigenvalue weighted by molar-refractivity contribution is 7.47. The lowest BCUT2D eigenvalue weighted by atomic mass is 9.99. The first kappa shape index (κ1) is 89.5. The van der Waals surface area contributed by atoms with E-state index >= 15 is 0 Å². The summed E-state index contributed by atoms with van der Waals surface area (Å²) in [5, 5.41) is 10.6. The second kappa shape index (κ2) is 63.3. The predicted molar refractivity (Wildman–Crippen MR) is 372 cm³/mol. The van der Waals surface area contributed by atoms with Gasteiger partial charge in [0.2, 0.25) is 0 Å². The average molecular weight is 1350 g/mol. The number of phosphoric acid groups is 2. The molecule has 0 heterocycles. The van der Waals surface area contributed by atoms with Crippen LogP contribution in [0.4, 0.5) is 0 Å². The van der Waals surface area contributed by atoms with Gasteiger partial charge in [0.25, 0.3) is 0 Å². The van der Waals surface area contributed by atoms with E-state index in [1.807, 2.05) is 0 Å². The Hall–Kier alpha value is -2.46. The van der Waals surface area contributed by atoms with Gasteiger partial charge in [-0.25, -0.2) is 9.13 Å². The molecule has 92 heavy (non-hydrogen) atoms. The zero-order chi connectivity index (χ0) is 68.0. The predicted octanol–water partition coefficient (Wildman–Crippen LogP) is 20.6. The molecule has 0 aliphatic rings. The molecule has 0 spiro atoms. The maximum atomic E-state index is 13.0. The summed E-state index contributed by atoms with van der Waals surface area (Å²) in [5.74, 6) is 0.0550. The molecule has 0 amide bonds. The third-order valence-electron chi connectivity index (χ3n) is 16.6. The van der Waals surface area contributed by atoms with Crippen molar-refractivity contribution in [1.29, 1.82) is 0 Å². The molecule has 0 aliphatic heterocycles. The molecule has 0 saturated heterocycles. The lowest BCUT2D eigenvalue weighted by molar-refractivity contribution is -0.161. The molecule has 0 aromatic carbocycles. The fourth-order valence-corrected chi connectivity index (χ4v) is 12.1. The van der Waals surface area contributed by atoms with E-state index in [2.05, 4.69) is 72.8 Å². The molecular formula is C73H138O17P2. The van der Waals surface area contributed by atoms with Crippen LogP contribution in [-0.4, -0.2) is 96.7 Å². The van der Waals surface area contributed by atoms with Crippen molar-refractivity contribution in [3.8, 4) is 0 Å². The molecule has 3 N–H and O–H groups in total. The van der Waals surface area contributed by atoms with Gasteiger partial charge < -0.3 is 33.8 Å². The van der Waals surface area contributed by atoms with E-state index < -0.39 is 97.5 Å². The molecule has 19 heteroatoms. The molecule has 17 nitrogen and oxygen atoms in total. The Balaban J connectivity index is 5.22. The van der Waals surface area contributed by atoms with E-state index in [0.29, 0.717) is 37.5 Å². The molecule has 0 radical (unpaired) electrons. The molecule has 0 aliphatic carbocycles. The van der Waals surface area contributed by atoms with Crippen LogP contribution in [0.5, 0.6) is 0 Å². The van der Waals surface area contributed by atoms with Crippen molar-refractivity contribution in [3.05, 3.63) is 24.3 Å². The second-order valence-corrected chi connectivity index (χ2v) is 29.7. The number of ether oxygens (including phenoxy) is 4. The van der Waals surface area contributed by atoms with E-state index in [0.717, 1.165) is 121 Å². The van der Waals surface area contributed by atoms with E-state index in [4.69, 9.17) is 37.0 Å². The van der Waals surface area contributed by atoms with Gasteiger partial charge in [0.1, 0.15) is 19.3 Å². The van der Waals surface area contributed by atoms with Crippen LogP contribution >= 0.6 is 15.6 Å². The number of carbonyl (C=O) groups excluding carboxylic acids is 4. The number of unbranched alkanes of at least 4 members (excludes halogenated alkanes) is 33. The van der Waals surface area contributed by atoms with Gasteiger partial charge in [0, 0.05) is 25.7 Å². The van der Waals surface area contributed by atoms with Crippen molar-refractivity contribution in [1.82, 2.24) is 0 Å². The summed E-state index contributed by atoms with van der Waals surface area (Å²) < 4.78 is 68.3. The summed E-state index contributed by atoms with van der Waals surface area (Å²) in [4.78, 5) is 72.6. The lowest BCUT2D eigenvalue weighted by Gasteiger charge is -2.21. The first-order chi connectivity index (χ1) is 44.3. The monoisotopic (exact) mass is 1350 g/mol. The van der Waals surface area contributed by atoms with Gasteiger partial charge in [-0.2, -0.15) is 0 Å². The molecular weight excluding hydrogens is 1210 g/mol. The highest BCUT2D eigenvalue weighted by atomic mass is 31.2. The first-order valence-electron chi connectivity index (χ1n) is 37.2. The molecule has 542 valence electrons. The number of carbonyl (C=O) groups is 4. The SMILES string of the molecule is CCCCCC/C=C\C=C/CCCCCCCC(=O)OC[C@H](COP(=O)(O)OCC(O)COP(=O)(O)OC[C@@H](COC(=O)CCCCCCCCCC(C)C)OC(=O)CCCCCCCCCCCCCCCCC(C)CC)OC(=O)CCCCCCCCC(C)C. The maximum Gasteiger partial charge on any atom is 0.472 e. The van der Waals surface area contributed by atoms with Crippen LogP contribution in [0, 0.1) is 17.8 Å². The number of rotatable bonds is 69. The smallest absolute Gasteiger partial charge is 0.462 e. The topological polar surface area (TPSA) is 237 Å². The van der Waals surface area contributed by atoms with Crippen molar-refractivity contribution in [2.45, 2.75) is 362 Å². The van der Waals surface area contributed by atoms with Gasteiger partial charge in [-0.3, -0.25) is 37.3 Å². The zero-order valence-electron chi connectivity index (χ0n) is 59.5. The highest BCUT2D eigenvalue weighted by Gasteiger charge is 2.30. The Morgan fingerprint density at radius 1 is 0.359 bits per heavy atom. The minimum atomic E-state index is -4.96. The van der Waals surface area contributed by atoms with Crippen LogP contribution in [0.3, 0.4) is 0 Å². The van der Waals surface area contributed by atoms with E-state index in [-0.39, 0.29) is 25.7 Å². The first-order valence-corrected chi connectivity index (χ1v) is 40.2. The molecule has 0 saturated carbocycles. The summed E-state index contributed by atoms with van der Waals surface area (Å²) in [6.07, 6.45) is 51.0. The Labute approximate surface area is 561 Å². The molecule has 4 unspecified atom stereocenters. The highest BCUT2D eigenvalue weighted by Crippen LogP contribution is 2.45. The van der Waals surface area contributed by atoms with Crippen LogP contribution in [0.15, 0.2) is 24.3 Å². The van der Waals surface area contributed by atoms with Crippen molar-refractivity contribution in [2.75, 3.05) is 39.6 Å². The van der Waals surface area contributed by atoms with Gasteiger partial charge >= 0.3 is 39.5 Å². The molecule has 6 atom stereocenters. The zero-order valence-corrected chi connectivity index (χ0v) is 61.3. The Bertz CT molecular complexity index is 1900. The summed E-state index contributed by atoms with van der Waals surface area (Å²) in [7, 11) is -9.92. The number of phosphoric ester groups is 2. The van der Waals surface area contributed by atoms with Crippen molar-refractivity contribution in [2.24, 2.45) is 17.8 Å². The van der Waals surface area contributed by atoms with Gasteiger partial charge in [-0.15, -0.1) is 0 Å². The van der Waals surface area contributed by atoms with Gasteiger partial charge in [0.15, 0.2) is 12.2 Å². The Morgan fingerprint density at radius 2 is 0.641 bits per heavy atom. The van der Waals surface area contributed by atoms with Crippen molar-refractivity contribution in [3.63, 3.8) is 0 Å². The van der Waals surface area contributed by atoms with Crippen LogP contribution in [0.25, 0.3) is 0 Å². The van der Waals surface area contributed by atoms with Gasteiger partial charge in [0.05, 0.1) is 26.4 Å². The van der Waals surface area contributed by atoms with E-state index in [1.54, 1.807) is 0 Å². The van der Waals surface area contributed by atoms with Crippen LogP contribution < -0.4 is 0 Å². The van der Waals surface area contributed by atoms with Crippen LogP contribution in [0.1, 0.15) is 344 Å². The molecule has 0 fully saturated rings. The fourth-order valence-electron chi connectivity index (χ4n) is 10.5. The summed E-state index contributed by atoms with van der Waals surface area (Å²) >= 11 is 0. The largest absolute Gasteiger partial charge is 0.472 e. The Morgan fingerprint density at radius 3 is 0.967 bits per heavy atom. The normalized spacial score (nSPS) is 14.6. The molecule has 0 bridgehead atoms. The standard InChI is InChI=1S/C73H138O17P2/c1-8-10-11-12-13-14-15-16-17-21-24-27-32-40-47-54-70(75)83-61-69(90-73(78)57-50-43-36-35-38-45-52-65(5)6)63-88-92(81,82)86-59-67(74)58-85-91(79,80)87-62-68(60-84-71(76)55-48-41-34-29-30-37-44-51-64(3)4)89-72(77)56-49-42-33-28-25-22-19-18-20-23-26-31-39-46-53-66(7)9-2/h14-17,64-69,74H,8-13,18-63H2,1-7H3,(H,79,80)(H,81,82)/b15-14-,17-16-/t66?,67?,68-,69-/m1/s1. The molecule has 0 rings (SSSR count). The van der Waals surface area contributed by atoms with E-state index in [1.165, 1.54) is 128 Å². The minimum Gasteiger partial charge on any atom is -0.462 e. The minimum absolute atomic E-state index is 0.0949. The number of allylic oxidation sites excluding steroid dienone is 4. The summed E-state index contributed by atoms with van der Waals surface area (Å²) in [6.45, 7) is 11.7. The number of hydrogen-bond donors (Lipinski definition) is 3. The number of esters is 4. The number of hydrogen-bond acceptors (Lipinski definition) is 15. The number of aliphatic hydroxyl groups is 1. The van der Waals surface area contributed by atoms with Crippen molar-refractivity contribution >= 4 is 39.5 Å².